The quantitative estimate of drug-likeness (QED) is 0.829. The van der Waals surface area contributed by atoms with Gasteiger partial charge in [0.2, 0.25) is 0 Å². The van der Waals surface area contributed by atoms with Gasteiger partial charge in [0.25, 0.3) is 0 Å². The summed E-state index contributed by atoms with van der Waals surface area (Å²) in [5, 5.41) is 12.0. The van der Waals surface area contributed by atoms with E-state index in [4.69, 9.17) is 5.11 Å². The molecule has 2 N–H and O–H groups in total. The molecule has 3 heteroatoms. The van der Waals surface area contributed by atoms with E-state index in [-0.39, 0.29) is 12.6 Å². The van der Waals surface area contributed by atoms with Crippen LogP contribution in [0.2, 0.25) is 0 Å². The van der Waals surface area contributed by atoms with Crippen molar-refractivity contribution in [3.8, 4) is 0 Å². The molecule has 0 fully saturated rings. The highest BCUT2D eigenvalue weighted by molar-refractivity contribution is 14.1. The lowest BCUT2D eigenvalue weighted by Crippen LogP contribution is -2.28. The first-order valence-corrected chi connectivity index (χ1v) is 5.39. The minimum atomic E-state index is 0.166. The lowest BCUT2D eigenvalue weighted by atomic mass is 10.2. The standard InChI is InChI=1S/C10H14INO/c1-8(7-13)12-6-9-2-4-10(11)5-3-9/h2-5,8,12-13H,6-7H2,1H3. The molecule has 1 atom stereocenters. The largest absolute Gasteiger partial charge is 0.395 e. The summed E-state index contributed by atoms with van der Waals surface area (Å²) in [5.41, 5.74) is 1.25. The second kappa shape index (κ2) is 5.57. The van der Waals surface area contributed by atoms with E-state index in [9.17, 15) is 0 Å². The number of hydrogen-bond donors (Lipinski definition) is 2. The predicted molar refractivity (Wildman–Crippen MR) is 62.5 cm³/mol. The second-order valence-electron chi connectivity index (χ2n) is 3.09. The first-order chi connectivity index (χ1) is 6.22. The summed E-state index contributed by atoms with van der Waals surface area (Å²) in [4.78, 5) is 0. The molecule has 72 valence electrons. The van der Waals surface area contributed by atoms with E-state index >= 15 is 0 Å². The zero-order chi connectivity index (χ0) is 9.68. The maximum absolute atomic E-state index is 8.79. The Kier molecular flexibility index (Phi) is 4.69. The van der Waals surface area contributed by atoms with Gasteiger partial charge in [0.15, 0.2) is 0 Å². The van der Waals surface area contributed by atoms with Crippen molar-refractivity contribution in [1.29, 1.82) is 0 Å². The van der Waals surface area contributed by atoms with Gasteiger partial charge in [-0.1, -0.05) is 12.1 Å². The highest BCUT2D eigenvalue weighted by Gasteiger charge is 1.98. The van der Waals surface area contributed by atoms with Gasteiger partial charge in [-0.05, 0) is 47.2 Å². The predicted octanol–water partition coefficient (Wildman–Crippen LogP) is 1.76. The molecular formula is C10H14INO. The fourth-order valence-electron chi connectivity index (χ4n) is 0.959. The number of nitrogens with one attached hydrogen (secondary N) is 1. The Bertz CT molecular complexity index is 248. The Morgan fingerprint density at radius 1 is 1.38 bits per heavy atom. The van der Waals surface area contributed by atoms with Crippen molar-refractivity contribution in [2.24, 2.45) is 0 Å². The number of halogens is 1. The molecule has 0 amide bonds. The molecule has 1 aromatic carbocycles. The Hall–Kier alpha value is -0.130. The lowest BCUT2D eigenvalue weighted by Gasteiger charge is -2.10. The lowest BCUT2D eigenvalue weighted by molar-refractivity contribution is 0.251. The zero-order valence-corrected chi connectivity index (χ0v) is 9.78. The third kappa shape index (κ3) is 4.06. The van der Waals surface area contributed by atoms with E-state index in [0.29, 0.717) is 0 Å². The van der Waals surface area contributed by atoms with Crippen molar-refractivity contribution >= 4 is 22.6 Å². The molecule has 0 bridgehead atoms. The van der Waals surface area contributed by atoms with Gasteiger partial charge in [-0.15, -0.1) is 0 Å². The normalized spacial score (nSPS) is 12.8. The first-order valence-electron chi connectivity index (χ1n) is 4.31. The first kappa shape index (κ1) is 10.9. The van der Waals surface area contributed by atoms with Crippen LogP contribution >= 0.6 is 22.6 Å². The third-order valence-electron chi connectivity index (χ3n) is 1.84. The number of hydrogen-bond acceptors (Lipinski definition) is 2. The molecule has 0 saturated carbocycles. The van der Waals surface area contributed by atoms with Crippen LogP contribution in [0.5, 0.6) is 0 Å². The number of rotatable bonds is 4. The second-order valence-corrected chi connectivity index (χ2v) is 4.34. The molecule has 13 heavy (non-hydrogen) atoms. The average Bonchev–Trinajstić information content (AvgIpc) is 2.16. The SMILES string of the molecule is CC(CO)NCc1ccc(I)cc1. The molecule has 0 aliphatic rings. The molecule has 1 unspecified atom stereocenters. The average molecular weight is 291 g/mol. The van der Waals surface area contributed by atoms with Crippen LogP contribution in [0, 0.1) is 3.57 Å². The van der Waals surface area contributed by atoms with Crippen LogP contribution in [-0.4, -0.2) is 17.8 Å². The van der Waals surface area contributed by atoms with Gasteiger partial charge in [-0.2, -0.15) is 0 Å². The van der Waals surface area contributed by atoms with Crippen molar-refractivity contribution in [1.82, 2.24) is 5.32 Å². The van der Waals surface area contributed by atoms with E-state index in [0.717, 1.165) is 6.54 Å². The Morgan fingerprint density at radius 2 is 2.00 bits per heavy atom. The summed E-state index contributed by atoms with van der Waals surface area (Å²) < 4.78 is 1.25. The third-order valence-corrected chi connectivity index (χ3v) is 2.56. The highest BCUT2D eigenvalue weighted by atomic mass is 127. The van der Waals surface area contributed by atoms with E-state index in [2.05, 4.69) is 52.2 Å². The molecule has 0 aromatic heterocycles. The Balaban J connectivity index is 2.41. The fraction of sp³-hybridized carbons (Fsp3) is 0.400. The summed E-state index contributed by atoms with van der Waals surface area (Å²) in [7, 11) is 0. The fourth-order valence-corrected chi connectivity index (χ4v) is 1.32. The maximum Gasteiger partial charge on any atom is 0.0582 e. The Labute approximate surface area is 92.5 Å². The van der Waals surface area contributed by atoms with Gasteiger partial charge < -0.3 is 10.4 Å². The number of benzene rings is 1. The van der Waals surface area contributed by atoms with Gasteiger partial charge in [0.1, 0.15) is 0 Å². The van der Waals surface area contributed by atoms with Crippen molar-refractivity contribution in [2.45, 2.75) is 19.5 Å². The van der Waals surface area contributed by atoms with Crippen LogP contribution in [-0.2, 0) is 6.54 Å². The molecule has 0 aliphatic carbocycles. The van der Waals surface area contributed by atoms with Crippen LogP contribution < -0.4 is 5.32 Å². The Morgan fingerprint density at radius 3 is 2.54 bits per heavy atom. The van der Waals surface area contributed by atoms with Gasteiger partial charge >= 0.3 is 0 Å². The minimum Gasteiger partial charge on any atom is -0.395 e. The minimum absolute atomic E-state index is 0.166. The van der Waals surface area contributed by atoms with Gasteiger partial charge in [0, 0.05) is 16.2 Å². The summed E-state index contributed by atoms with van der Waals surface area (Å²) >= 11 is 2.29. The molecular weight excluding hydrogens is 277 g/mol. The molecule has 0 heterocycles. The molecule has 0 radical (unpaired) electrons. The van der Waals surface area contributed by atoms with Crippen molar-refractivity contribution in [3.63, 3.8) is 0 Å². The van der Waals surface area contributed by atoms with Crippen LogP contribution in [0.15, 0.2) is 24.3 Å². The van der Waals surface area contributed by atoms with Crippen LogP contribution in [0.1, 0.15) is 12.5 Å². The molecule has 0 saturated heterocycles. The van der Waals surface area contributed by atoms with Crippen molar-refractivity contribution in [3.05, 3.63) is 33.4 Å². The number of aliphatic hydroxyl groups is 1. The van der Waals surface area contributed by atoms with Crippen LogP contribution in [0.3, 0.4) is 0 Å². The van der Waals surface area contributed by atoms with Gasteiger partial charge in [-0.25, -0.2) is 0 Å². The molecule has 1 rings (SSSR count). The monoisotopic (exact) mass is 291 g/mol. The van der Waals surface area contributed by atoms with E-state index in [1.807, 2.05) is 6.92 Å². The molecule has 1 aromatic rings. The smallest absolute Gasteiger partial charge is 0.0582 e. The zero-order valence-electron chi connectivity index (χ0n) is 7.63. The topological polar surface area (TPSA) is 32.3 Å². The van der Waals surface area contributed by atoms with Crippen LogP contribution in [0.25, 0.3) is 0 Å². The van der Waals surface area contributed by atoms with Gasteiger partial charge in [0.05, 0.1) is 6.61 Å². The maximum atomic E-state index is 8.79. The number of aliphatic hydroxyl groups excluding tert-OH is 1. The summed E-state index contributed by atoms with van der Waals surface area (Å²) in [6, 6.07) is 8.53. The van der Waals surface area contributed by atoms with E-state index in [1.165, 1.54) is 9.13 Å². The van der Waals surface area contributed by atoms with E-state index in [1.54, 1.807) is 0 Å². The van der Waals surface area contributed by atoms with Gasteiger partial charge in [-0.3, -0.25) is 0 Å². The highest BCUT2D eigenvalue weighted by Crippen LogP contribution is 2.06. The molecule has 2 nitrogen and oxygen atoms in total. The summed E-state index contributed by atoms with van der Waals surface area (Å²) in [5.74, 6) is 0. The molecule has 0 aliphatic heterocycles. The summed E-state index contributed by atoms with van der Waals surface area (Å²) in [6.45, 7) is 2.97. The molecule has 0 spiro atoms. The van der Waals surface area contributed by atoms with Crippen molar-refractivity contribution < 1.29 is 5.11 Å². The summed E-state index contributed by atoms with van der Waals surface area (Å²) in [6.07, 6.45) is 0. The van der Waals surface area contributed by atoms with Crippen molar-refractivity contribution in [2.75, 3.05) is 6.61 Å². The van der Waals surface area contributed by atoms with E-state index < -0.39 is 0 Å². The van der Waals surface area contributed by atoms with Crippen LogP contribution in [0.4, 0.5) is 0 Å².